The Balaban J connectivity index is 1.09. The molecule has 0 saturated heterocycles. The second kappa shape index (κ2) is 10.2. The van der Waals surface area contributed by atoms with E-state index >= 15 is 0 Å². The van der Waals surface area contributed by atoms with E-state index in [1.807, 2.05) is 26.0 Å². The van der Waals surface area contributed by atoms with Gasteiger partial charge in [-0.05, 0) is 72.5 Å². The highest BCUT2D eigenvalue weighted by molar-refractivity contribution is 6.18. The molecule has 0 radical (unpaired) electrons. The average molecular weight is 695 g/mol. The second-order valence-electron chi connectivity index (χ2n) is 14.5. The molecule has 0 saturated carbocycles. The van der Waals surface area contributed by atoms with Crippen LogP contribution >= 0.6 is 0 Å². The SMILES string of the molecule is COc1ccc(OOc2ccc(OC)c3cc4c(cc23)C(=O)c2occ3c2[C@]4(C)CCC3=O)c2cc3c(cc12)[C@@]1(C)CCC(=O)c2coc(c21)C3=O. The molecule has 0 aliphatic heterocycles. The van der Waals surface area contributed by atoms with Gasteiger partial charge >= 0.3 is 0 Å². The Kier molecular flexibility index (Phi) is 6.02. The molecule has 10 rings (SSSR count). The summed E-state index contributed by atoms with van der Waals surface area (Å²) in [5, 5.41) is 2.55. The summed E-state index contributed by atoms with van der Waals surface area (Å²) in [6.45, 7) is 4.09. The monoisotopic (exact) mass is 694 g/mol. The van der Waals surface area contributed by atoms with Crippen molar-refractivity contribution in [2.75, 3.05) is 14.2 Å². The first-order chi connectivity index (χ1) is 25.1. The van der Waals surface area contributed by atoms with Crippen molar-refractivity contribution < 1.29 is 47.3 Å². The first-order valence-corrected chi connectivity index (χ1v) is 17.1. The van der Waals surface area contributed by atoms with Crippen LogP contribution in [0.3, 0.4) is 0 Å². The number of ether oxygens (including phenoxy) is 2. The maximum Gasteiger partial charge on any atom is 0.228 e. The molecule has 6 aromatic rings. The molecule has 0 spiro atoms. The summed E-state index contributed by atoms with van der Waals surface area (Å²) in [7, 11) is 3.15. The summed E-state index contributed by atoms with van der Waals surface area (Å²) in [5.74, 6) is 1.51. The summed E-state index contributed by atoms with van der Waals surface area (Å²) in [6, 6.07) is 14.4. The van der Waals surface area contributed by atoms with Crippen molar-refractivity contribution in [2.45, 2.75) is 50.4 Å². The molecule has 2 aromatic heterocycles. The zero-order valence-corrected chi connectivity index (χ0v) is 28.7. The first kappa shape index (κ1) is 30.6. The molecule has 0 fully saturated rings. The zero-order valence-electron chi connectivity index (χ0n) is 28.7. The lowest BCUT2D eigenvalue weighted by Gasteiger charge is -2.38. The summed E-state index contributed by atoms with van der Waals surface area (Å²) < 4.78 is 23.0. The Morgan fingerprint density at radius 1 is 0.538 bits per heavy atom. The maximum atomic E-state index is 13.9. The molecule has 4 aromatic carbocycles. The lowest BCUT2D eigenvalue weighted by atomic mass is 9.62. The third-order valence-electron chi connectivity index (χ3n) is 11.9. The quantitative estimate of drug-likeness (QED) is 0.128. The first-order valence-electron chi connectivity index (χ1n) is 17.1. The van der Waals surface area contributed by atoms with E-state index in [0.29, 0.717) is 104 Å². The normalized spacial score (nSPS) is 21.1. The summed E-state index contributed by atoms with van der Waals surface area (Å²) in [4.78, 5) is 65.4. The van der Waals surface area contributed by atoms with Crippen molar-refractivity contribution in [3.63, 3.8) is 0 Å². The number of hydrogen-bond acceptors (Lipinski definition) is 10. The fourth-order valence-electron chi connectivity index (χ4n) is 9.14. The van der Waals surface area contributed by atoms with Gasteiger partial charge in [0.05, 0.1) is 25.3 Å². The Hall–Kier alpha value is -6.16. The van der Waals surface area contributed by atoms with Gasteiger partial charge in [-0.2, -0.15) is 0 Å². The number of benzene rings is 4. The summed E-state index contributed by atoms with van der Waals surface area (Å²) in [5.41, 5.74) is 3.51. The summed E-state index contributed by atoms with van der Waals surface area (Å²) >= 11 is 0. The molecule has 10 nitrogen and oxygen atoms in total. The number of methoxy groups -OCH3 is 2. The predicted molar refractivity (Wildman–Crippen MR) is 187 cm³/mol. The highest BCUT2D eigenvalue weighted by atomic mass is 17.2. The van der Waals surface area contributed by atoms with Crippen LogP contribution in [0.5, 0.6) is 23.0 Å². The van der Waals surface area contributed by atoms with Crippen molar-refractivity contribution in [2.24, 2.45) is 0 Å². The minimum Gasteiger partial charge on any atom is -0.496 e. The van der Waals surface area contributed by atoms with Crippen molar-refractivity contribution in [3.05, 3.63) is 117 Å². The van der Waals surface area contributed by atoms with Gasteiger partial charge in [-0.1, -0.05) is 13.8 Å². The van der Waals surface area contributed by atoms with Gasteiger partial charge in [-0.25, -0.2) is 0 Å². The smallest absolute Gasteiger partial charge is 0.228 e. The maximum absolute atomic E-state index is 13.9. The minimum absolute atomic E-state index is 0.0274. The van der Waals surface area contributed by atoms with E-state index in [0.717, 1.165) is 11.1 Å². The number of carbonyl (C=O) groups excluding carboxylic acids is 4. The van der Waals surface area contributed by atoms with Crippen LogP contribution < -0.4 is 19.2 Å². The van der Waals surface area contributed by atoms with Crippen LogP contribution in [0.15, 0.2) is 69.9 Å². The van der Waals surface area contributed by atoms with E-state index in [9.17, 15) is 19.2 Å². The van der Waals surface area contributed by atoms with Gasteiger partial charge in [0.1, 0.15) is 24.0 Å². The van der Waals surface area contributed by atoms with Crippen molar-refractivity contribution in [1.82, 2.24) is 0 Å². The number of hydrogen-bond donors (Lipinski definition) is 0. The lowest BCUT2D eigenvalue weighted by Crippen LogP contribution is -2.37. The fourth-order valence-corrected chi connectivity index (χ4v) is 9.14. The van der Waals surface area contributed by atoms with Gasteiger partial charge in [-0.15, -0.1) is 0 Å². The molecular formula is C42H30O10. The molecule has 258 valence electrons. The van der Waals surface area contributed by atoms with E-state index in [4.69, 9.17) is 28.1 Å². The van der Waals surface area contributed by atoms with Crippen LogP contribution in [0.25, 0.3) is 21.5 Å². The van der Waals surface area contributed by atoms with E-state index < -0.39 is 10.8 Å². The lowest BCUT2D eigenvalue weighted by molar-refractivity contribution is -0.0969. The minimum atomic E-state index is -0.609. The predicted octanol–water partition coefficient (Wildman–Crippen LogP) is 8.22. The second-order valence-corrected chi connectivity index (χ2v) is 14.5. The molecule has 10 heteroatoms. The van der Waals surface area contributed by atoms with Gasteiger partial charge in [0.2, 0.25) is 11.6 Å². The third-order valence-corrected chi connectivity index (χ3v) is 11.9. The van der Waals surface area contributed by atoms with Crippen LogP contribution in [0.2, 0.25) is 0 Å². The van der Waals surface area contributed by atoms with Crippen LogP contribution in [0, 0.1) is 0 Å². The molecule has 0 N–H and O–H groups in total. The number of Topliss-reactive ketones (excluding diaryl/α,β-unsaturated/α-hetero) is 2. The molecule has 4 aliphatic carbocycles. The highest BCUT2D eigenvalue weighted by Crippen LogP contribution is 2.53. The zero-order chi connectivity index (χ0) is 35.8. The molecular weight excluding hydrogens is 664 g/mol. The number of rotatable bonds is 5. The van der Waals surface area contributed by atoms with Crippen molar-refractivity contribution in [1.29, 1.82) is 0 Å². The Morgan fingerprint density at radius 2 is 0.923 bits per heavy atom. The van der Waals surface area contributed by atoms with Crippen LogP contribution in [0.4, 0.5) is 0 Å². The average Bonchev–Trinajstić information content (AvgIpc) is 3.83. The van der Waals surface area contributed by atoms with Gasteiger partial charge in [0.25, 0.3) is 0 Å². The van der Waals surface area contributed by atoms with Crippen LogP contribution in [-0.4, -0.2) is 37.4 Å². The van der Waals surface area contributed by atoms with E-state index in [-0.39, 0.29) is 34.7 Å². The topological polar surface area (TPSA) is 131 Å². The van der Waals surface area contributed by atoms with Crippen LogP contribution in [0.1, 0.15) is 115 Å². The number of furan rings is 2. The molecule has 0 bridgehead atoms. The van der Waals surface area contributed by atoms with Crippen molar-refractivity contribution in [3.8, 4) is 23.0 Å². The summed E-state index contributed by atoms with van der Waals surface area (Å²) in [6.07, 6.45) is 4.57. The molecule has 2 atom stereocenters. The van der Waals surface area contributed by atoms with Gasteiger partial charge in [-0.3, -0.25) is 29.0 Å². The fraction of sp³-hybridized carbons (Fsp3) is 0.238. The number of ketones is 4. The molecule has 52 heavy (non-hydrogen) atoms. The number of carbonyl (C=O) groups is 4. The standard InChI is InChI=1S/C42H30O10/c1-41-11-9-29(43)25-17-49-39(35(25)41)37(45)23-13-19-21(15-27(23)41)31(47-3)5-7-33(19)51-52-34-8-6-32(48-4)22-16-28-24(14-20(22)34)38(46)40-36-26(18-50-40)30(44)10-12-42(28,36)2/h5-8,13-18H,9-12H2,1-4H3/t41-,42-/m1/s1. The van der Waals surface area contributed by atoms with E-state index in [1.54, 1.807) is 50.6 Å². The molecule has 2 heterocycles. The molecule has 0 amide bonds. The Labute approximate surface area is 296 Å². The number of fused-ring (bicyclic) bond motifs is 6. The van der Waals surface area contributed by atoms with Gasteiger partial charge in [0.15, 0.2) is 34.6 Å². The van der Waals surface area contributed by atoms with Crippen LogP contribution in [-0.2, 0) is 10.8 Å². The van der Waals surface area contributed by atoms with Gasteiger partial charge < -0.3 is 18.3 Å². The molecule has 0 unspecified atom stereocenters. The van der Waals surface area contributed by atoms with Crippen molar-refractivity contribution >= 4 is 44.7 Å². The third kappa shape index (κ3) is 3.73. The molecule has 4 aliphatic rings. The van der Waals surface area contributed by atoms with E-state index in [2.05, 4.69) is 0 Å². The Morgan fingerprint density at radius 3 is 1.33 bits per heavy atom. The van der Waals surface area contributed by atoms with E-state index in [1.165, 1.54) is 12.5 Å². The highest BCUT2D eigenvalue weighted by Gasteiger charge is 2.49. The Bertz CT molecular complexity index is 2490. The van der Waals surface area contributed by atoms with Gasteiger partial charge in [0, 0.05) is 67.5 Å². The largest absolute Gasteiger partial charge is 0.496 e.